The Balaban J connectivity index is 1.53. The van der Waals surface area contributed by atoms with Crippen molar-refractivity contribution < 1.29 is 9.59 Å². The van der Waals surface area contributed by atoms with E-state index < -0.39 is 6.04 Å². The minimum atomic E-state index is -0.757. The Kier molecular flexibility index (Phi) is 8.09. The number of amides is 2. The lowest BCUT2D eigenvalue weighted by Crippen LogP contribution is -2.48. The number of halogens is 1. The van der Waals surface area contributed by atoms with Crippen LogP contribution < -0.4 is 10.7 Å². The van der Waals surface area contributed by atoms with Crippen molar-refractivity contribution in [2.45, 2.75) is 40.3 Å². The van der Waals surface area contributed by atoms with Crippen molar-refractivity contribution in [2.75, 3.05) is 0 Å². The molecule has 190 valence electrons. The van der Waals surface area contributed by atoms with Gasteiger partial charge in [0.1, 0.15) is 6.04 Å². The van der Waals surface area contributed by atoms with Crippen LogP contribution in [0, 0.1) is 19.8 Å². The predicted octanol–water partition coefficient (Wildman–Crippen LogP) is 5.86. The van der Waals surface area contributed by atoms with Crippen LogP contribution in [0.3, 0.4) is 0 Å². The van der Waals surface area contributed by atoms with E-state index in [0.717, 1.165) is 28.7 Å². The van der Waals surface area contributed by atoms with Gasteiger partial charge >= 0.3 is 0 Å². The van der Waals surface area contributed by atoms with Crippen LogP contribution in [0.5, 0.6) is 0 Å². The molecule has 1 aromatic heterocycles. The number of fused-ring (bicyclic) bond motifs is 1. The van der Waals surface area contributed by atoms with Gasteiger partial charge in [0.05, 0.1) is 6.21 Å². The first-order valence-corrected chi connectivity index (χ1v) is 12.6. The molecule has 0 aliphatic heterocycles. The van der Waals surface area contributed by atoms with Crippen LogP contribution in [0.25, 0.3) is 10.9 Å². The minimum absolute atomic E-state index is 0.142. The summed E-state index contributed by atoms with van der Waals surface area (Å²) in [6, 6.07) is 22.5. The molecule has 0 saturated heterocycles. The number of carbonyl (C=O) groups is 2. The zero-order valence-corrected chi connectivity index (χ0v) is 22.2. The lowest BCUT2D eigenvalue weighted by molar-refractivity contribution is -0.123. The van der Waals surface area contributed by atoms with Crippen molar-refractivity contribution in [3.8, 4) is 0 Å². The number of nitrogens with zero attached hydrogens (tertiary/aromatic N) is 2. The molecule has 4 aromatic rings. The van der Waals surface area contributed by atoms with Gasteiger partial charge in [-0.25, -0.2) is 5.43 Å². The SMILES string of the molecule is Cc1cccc(Cn2c(C)c(C=NNC(=O)C(NC(=O)c3cccc(Cl)c3)C(C)C)c3ccccc32)c1. The maximum Gasteiger partial charge on any atom is 0.262 e. The molecule has 0 spiro atoms. The third kappa shape index (κ3) is 6.09. The molecule has 1 heterocycles. The fraction of sp³-hybridized carbons (Fsp3) is 0.233. The fourth-order valence-electron chi connectivity index (χ4n) is 4.44. The summed E-state index contributed by atoms with van der Waals surface area (Å²) in [5.74, 6) is -0.894. The van der Waals surface area contributed by atoms with Gasteiger partial charge in [0.25, 0.3) is 11.8 Å². The van der Waals surface area contributed by atoms with Gasteiger partial charge in [-0.3, -0.25) is 9.59 Å². The molecular formula is C30H31ClN4O2. The smallest absolute Gasteiger partial charge is 0.262 e. The molecule has 2 amide bonds. The number of benzene rings is 3. The van der Waals surface area contributed by atoms with E-state index >= 15 is 0 Å². The third-order valence-electron chi connectivity index (χ3n) is 6.39. The predicted molar refractivity (Wildman–Crippen MR) is 150 cm³/mol. The molecule has 3 aromatic carbocycles. The van der Waals surface area contributed by atoms with Crippen LogP contribution >= 0.6 is 11.6 Å². The average Bonchev–Trinajstić information content (AvgIpc) is 3.13. The van der Waals surface area contributed by atoms with Crippen molar-refractivity contribution >= 4 is 40.5 Å². The highest BCUT2D eigenvalue weighted by molar-refractivity contribution is 6.31. The highest BCUT2D eigenvalue weighted by Crippen LogP contribution is 2.26. The van der Waals surface area contributed by atoms with Crippen LogP contribution in [-0.2, 0) is 11.3 Å². The first kappa shape index (κ1) is 26.2. The number of hydrogen-bond donors (Lipinski definition) is 2. The van der Waals surface area contributed by atoms with Crippen LogP contribution in [-0.4, -0.2) is 28.6 Å². The molecule has 0 fully saturated rings. The maximum atomic E-state index is 13.0. The van der Waals surface area contributed by atoms with E-state index in [1.54, 1.807) is 30.5 Å². The number of nitrogens with one attached hydrogen (secondary N) is 2. The van der Waals surface area contributed by atoms with Gasteiger partial charge in [-0.1, -0.05) is 79.5 Å². The summed E-state index contributed by atoms with van der Waals surface area (Å²) in [6.45, 7) is 8.62. The number of hydrogen-bond acceptors (Lipinski definition) is 3. The molecule has 6 nitrogen and oxygen atoms in total. The second-order valence-corrected chi connectivity index (χ2v) is 9.97. The summed E-state index contributed by atoms with van der Waals surface area (Å²) >= 11 is 6.01. The normalized spacial score (nSPS) is 12.3. The Labute approximate surface area is 222 Å². The van der Waals surface area contributed by atoms with E-state index in [-0.39, 0.29) is 17.7 Å². The summed E-state index contributed by atoms with van der Waals surface area (Å²) in [5.41, 5.74) is 8.54. The van der Waals surface area contributed by atoms with Crippen LogP contribution in [0.4, 0.5) is 0 Å². The molecular weight excluding hydrogens is 484 g/mol. The first-order chi connectivity index (χ1) is 17.7. The Bertz CT molecular complexity index is 1470. The number of para-hydroxylation sites is 1. The summed E-state index contributed by atoms with van der Waals surface area (Å²) in [7, 11) is 0. The Hall–Kier alpha value is -3.90. The molecule has 0 radical (unpaired) electrons. The topological polar surface area (TPSA) is 75.5 Å². The van der Waals surface area contributed by atoms with Crippen molar-refractivity contribution in [1.29, 1.82) is 0 Å². The molecule has 0 aliphatic carbocycles. The molecule has 7 heteroatoms. The second-order valence-electron chi connectivity index (χ2n) is 9.53. The Morgan fingerprint density at radius 2 is 1.76 bits per heavy atom. The Morgan fingerprint density at radius 3 is 2.49 bits per heavy atom. The highest BCUT2D eigenvalue weighted by Gasteiger charge is 2.24. The van der Waals surface area contributed by atoms with Crippen LogP contribution in [0.2, 0.25) is 5.02 Å². The molecule has 0 aliphatic rings. The summed E-state index contributed by atoms with van der Waals surface area (Å²) < 4.78 is 2.26. The van der Waals surface area contributed by atoms with Crippen LogP contribution in [0.1, 0.15) is 46.6 Å². The van der Waals surface area contributed by atoms with E-state index in [2.05, 4.69) is 70.7 Å². The van der Waals surface area contributed by atoms with Crippen LogP contribution in [0.15, 0.2) is 77.9 Å². The van der Waals surface area contributed by atoms with E-state index in [4.69, 9.17) is 11.6 Å². The molecule has 2 N–H and O–H groups in total. The molecule has 0 bridgehead atoms. The third-order valence-corrected chi connectivity index (χ3v) is 6.63. The summed E-state index contributed by atoms with van der Waals surface area (Å²) in [6.07, 6.45) is 1.68. The zero-order chi connectivity index (χ0) is 26.5. The molecule has 1 unspecified atom stereocenters. The lowest BCUT2D eigenvalue weighted by Gasteiger charge is -2.20. The Morgan fingerprint density at radius 1 is 1.00 bits per heavy atom. The van der Waals surface area contributed by atoms with Crippen molar-refractivity contribution in [3.05, 3.63) is 106 Å². The van der Waals surface area contributed by atoms with Gasteiger partial charge in [0.15, 0.2) is 0 Å². The minimum Gasteiger partial charge on any atom is -0.340 e. The van der Waals surface area contributed by atoms with Gasteiger partial charge in [-0.2, -0.15) is 5.10 Å². The monoisotopic (exact) mass is 514 g/mol. The second kappa shape index (κ2) is 11.4. The number of aryl methyl sites for hydroxylation is 1. The van der Waals surface area contributed by atoms with Gasteiger partial charge in [0.2, 0.25) is 0 Å². The van der Waals surface area contributed by atoms with E-state index in [9.17, 15) is 9.59 Å². The number of hydrazone groups is 1. The number of aromatic nitrogens is 1. The van der Waals surface area contributed by atoms with Gasteiger partial charge in [-0.15, -0.1) is 0 Å². The summed E-state index contributed by atoms with van der Waals surface area (Å²) in [5, 5.41) is 8.59. The van der Waals surface area contributed by atoms with E-state index in [1.165, 1.54) is 11.1 Å². The van der Waals surface area contributed by atoms with Gasteiger partial charge in [0, 0.05) is 39.3 Å². The molecule has 37 heavy (non-hydrogen) atoms. The lowest BCUT2D eigenvalue weighted by atomic mass is 10.0. The summed E-state index contributed by atoms with van der Waals surface area (Å²) in [4.78, 5) is 25.7. The van der Waals surface area contributed by atoms with Crippen molar-refractivity contribution in [3.63, 3.8) is 0 Å². The first-order valence-electron chi connectivity index (χ1n) is 12.3. The highest BCUT2D eigenvalue weighted by atomic mass is 35.5. The molecule has 1 atom stereocenters. The number of carbonyl (C=O) groups excluding carboxylic acids is 2. The van der Waals surface area contributed by atoms with E-state index in [1.807, 2.05) is 26.0 Å². The van der Waals surface area contributed by atoms with Crippen molar-refractivity contribution in [2.24, 2.45) is 11.0 Å². The maximum absolute atomic E-state index is 13.0. The largest absolute Gasteiger partial charge is 0.340 e. The quantitative estimate of drug-likeness (QED) is 0.228. The number of rotatable bonds is 8. The molecule has 4 rings (SSSR count). The molecule has 0 saturated carbocycles. The standard InChI is InChI=1S/C30H31ClN4O2/c1-19(2)28(33-29(36)23-11-8-12-24(31)16-23)30(37)34-32-17-26-21(4)35(27-14-6-5-13-25(26)27)18-22-10-7-9-20(3)15-22/h5-17,19,28H,18H2,1-4H3,(H,33,36)(H,34,37). The zero-order valence-electron chi connectivity index (χ0n) is 21.5. The fourth-order valence-corrected chi connectivity index (χ4v) is 4.63. The van der Waals surface area contributed by atoms with Crippen molar-refractivity contribution in [1.82, 2.24) is 15.3 Å². The van der Waals surface area contributed by atoms with Gasteiger partial charge in [-0.05, 0) is 49.6 Å². The average molecular weight is 515 g/mol. The van der Waals surface area contributed by atoms with Gasteiger partial charge < -0.3 is 9.88 Å². The van der Waals surface area contributed by atoms with E-state index in [0.29, 0.717) is 10.6 Å².